The molecule has 5 heteroatoms. The Morgan fingerprint density at radius 1 is 1.35 bits per heavy atom. The highest BCUT2D eigenvalue weighted by Crippen LogP contribution is 2.29. The van der Waals surface area contributed by atoms with E-state index < -0.39 is 0 Å². The Balaban J connectivity index is 1.86. The molecule has 0 saturated carbocycles. The summed E-state index contributed by atoms with van der Waals surface area (Å²) in [6, 6.07) is 5.91. The second-order valence-electron chi connectivity index (χ2n) is 5.03. The number of nitrogens with zero attached hydrogens (tertiary/aromatic N) is 2. The Morgan fingerprint density at radius 2 is 2.20 bits per heavy atom. The van der Waals surface area contributed by atoms with Crippen molar-refractivity contribution in [2.75, 3.05) is 7.11 Å². The van der Waals surface area contributed by atoms with Crippen LogP contribution in [-0.2, 0) is 0 Å². The lowest BCUT2D eigenvalue weighted by molar-refractivity contribution is 0.365. The molecule has 2 unspecified atom stereocenters. The maximum absolute atomic E-state index is 5.84. The van der Waals surface area contributed by atoms with Gasteiger partial charge in [0.25, 0.3) is 0 Å². The molecule has 0 amide bonds. The van der Waals surface area contributed by atoms with Crippen LogP contribution in [0, 0.1) is 6.92 Å². The van der Waals surface area contributed by atoms with E-state index in [0.717, 1.165) is 23.3 Å². The molecule has 2 aromatic rings. The van der Waals surface area contributed by atoms with Crippen molar-refractivity contribution in [2.45, 2.75) is 25.3 Å². The van der Waals surface area contributed by atoms with Gasteiger partial charge in [0.2, 0.25) is 11.7 Å². The van der Waals surface area contributed by atoms with Gasteiger partial charge < -0.3 is 15.0 Å². The monoisotopic (exact) mass is 271 g/mol. The highest BCUT2D eigenvalue weighted by atomic mass is 16.5. The Kier molecular flexibility index (Phi) is 3.28. The van der Waals surface area contributed by atoms with Crippen LogP contribution in [0.5, 0.6) is 5.75 Å². The summed E-state index contributed by atoms with van der Waals surface area (Å²) in [5, 5.41) is 4.05. The summed E-state index contributed by atoms with van der Waals surface area (Å²) in [7, 11) is 1.66. The molecule has 0 fully saturated rings. The molecule has 3 rings (SSSR count). The van der Waals surface area contributed by atoms with Crippen LogP contribution in [0.3, 0.4) is 0 Å². The van der Waals surface area contributed by atoms with Crippen LogP contribution in [-0.4, -0.2) is 23.3 Å². The number of aromatic nitrogens is 2. The summed E-state index contributed by atoms with van der Waals surface area (Å²) in [4.78, 5) is 4.47. The fourth-order valence-electron chi connectivity index (χ4n) is 2.43. The summed E-state index contributed by atoms with van der Waals surface area (Å²) in [5.41, 5.74) is 7.80. The van der Waals surface area contributed by atoms with E-state index in [-0.39, 0.29) is 12.0 Å². The van der Waals surface area contributed by atoms with E-state index in [2.05, 4.69) is 10.1 Å². The van der Waals surface area contributed by atoms with Gasteiger partial charge >= 0.3 is 0 Å². The zero-order chi connectivity index (χ0) is 14.1. The first-order valence-corrected chi connectivity index (χ1v) is 6.60. The average Bonchev–Trinajstić information content (AvgIpc) is 3.07. The van der Waals surface area contributed by atoms with Crippen molar-refractivity contribution in [2.24, 2.45) is 5.73 Å². The average molecular weight is 271 g/mol. The number of hydrogen-bond donors (Lipinski definition) is 1. The maximum Gasteiger partial charge on any atom is 0.233 e. The van der Waals surface area contributed by atoms with Crippen molar-refractivity contribution in [1.29, 1.82) is 0 Å². The van der Waals surface area contributed by atoms with Crippen LogP contribution in [0.4, 0.5) is 0 Å². The predicted octanol–water partition coefficient (Wildman–Crippen LogP) is 2.42. The van der Waals surface area contributed by atoms with Crippen LogP contribution in [0.15, 0.2) is 34.9 Å². The van der Waals surface area contributed by atoms with Gasteiger partial charge in [0.05, 0.1) is 13.0 Å². The molecule has 20 heavy (non-hydrogen) atoms. The smallest absolute Gasteiger partial charge is 0.233 e. The molecular weight excluding hydrogens is 254 g/mol. The number of aryl methyl sites for hydroxylation is 1. The molecule has 5 nitrogen and oxygen atoms in total. The van der Waals surface area contributed by atoms with Gasteiger partial charge in [-0.3, -0.25) is 0 Å². The number of allylic oxidation sites excluding steroid dienone is 1. The third-order valence-corrected chi connectivity index (χ3v) is 3.53. The topological polar surface area (TPSA) is 74.2 Å². The van der Waals surface area contributed by atoms with Crippen molar-refractivity contribution >= 4 is 0 Å². The molecule has 1 aromatic heterocycles. The van der Waals surface area contributed by atoms with Crippen molar-refractivity contribution in [3.05, 3.63) is 41.8 Å². The summed E-state index contributed by atoms with van der Waals surface area (Å²) >= 11 is 0. The molecule has 1 aliphatic rings. The van der Waals surface area contributed by atoms with Gasteiger partial charge in [-0.05, 0) is 37.1 Å². The minimum absolute atomic E-state index is 0.0820. The Bertz CT molecular complexity index is 648. The minimum atomic E-state index is 0.0820. The van der Waals surface area contributed by atoms with E-state index in [4.69, 9.17) is 15.0 Å². The van der Waals surface area contributed by atoms with E-state index in [1.165, 1.54) is 0 Å². The third-order valence-electron chi connectivity index (χ3n) is 3.53. The maximum atomic E-state index is 5.84. The fraction of sp³-hybridized carbons (Fsp3) is 0.333. The molecule has 104 valence electrons. The summed E-state index contributed by atoms with van der Waals surface area (Å²) in [6.07, 6.45) is 4.83. The van der Waals surface area contributed by atoms with Crippen LogP contribution in [0.25, 0.3) is 11.4 Å². The van der Waals surface area contributed by atoms with E-state index in [0.29, 0.717) is 11.7 Å². The third kappa shape index (κ3) is 2.32. The molecule has 0 spiro atoms. The number of methoxy groups -OCH3 is 1. The van der Waals surface area contributed by atoms with Crippen LogP contribution >= 0.6 is 0 Å². The van der Waals surface area contributed by atoms with Crippen LogP contribution in [0.1, 0.15) is 23.8 Å². The highest BCUT2D eigenvalue weighted by molar-refractivity contribution is 5.58. The predicted molar refractivity (Wildman–Crippen MR) is 75.5 cm³/mol. The zero-order valence-electron chi connectivity index (χ0n) is 11.5. The van der Waals surface area contributed by atoms with Gasteiger partial charge in [-0.25, -0.2) is 0 Å². The fourth-order valence-corrected chi connectivity index (χ4v) is 2.43. The highest BCUT2D eigenvalue weighted by Gasteiger charge is 2.23. The SMILES string of the molecule is COc1ccc(-c2noc(C3C=CC(N)C3)n2)cc1C. The first kappa shape index (κ1) is 12.9. The number of ether oxygens (including phenoxy) is 1. The normalized spacial score (nSPS) is 21.4. The number of rotatable bonds is 3. The van der Waals surface area contributed by atoms with Gasteiger partial charge in [-0.1, -0.05) is 17.3 Å². The first-order valence-electron chi connectivity index (χ1n) is 6.60. The second-order valence-corrected chi connectivity index (χ2v) is 5.03. The first-order chi connectivity index (χ1) is 9.67. The molecule has 2 N–H and O–H groups in total. The second kappa shape index (κ2) is 5.09. The van der Waals surface area contributed by atoms with Crippen LogP contribution in [0.2, 0.25) is 0 Å². The molecular formula is C15H17N3O2. The zero-order valence-corrected chi connectivity index (χ0v) is 11.5. The molecule has 1 aliphatic carbocycles. The van der Waals surface area contributed by atoms with Gasteiger partial charge in [-0.15, -0.1) is 0 Å². The molecule has 0 radical (unpaired) electrons. The molecule has 1 aromatic carbocycles. The minimum Gasteiger partial charge on any atom is -0.496 e. The lowest BCUT2D eigenvalue weighted by Crippen LogP contribution is -2.14. The van der Waals surface area contributed by atoms with Crippen molar-refractivity contribution in [3.63, 3.8) is 0 Å². The molecule has 0 saturated heterocycles. The Labute approximate surface area is 117 Å². The quantitative estimate of drug-likeness (QED) is 0.868. The van der Waals surface area contributed by atoms with Crippen molar-refractivity contribution in [3.8, 4) is 17.1 Å². The number of benzene rings is 1. The lowest BCUT2D eigenvalue weighted by atomic mass is 10.1. The molecule has 0 bridgehead atoms. The molecule has 0 aliphatic heterocycles. The van der Waals surface area contributed by atoms with E-state index in [1.807, 2.05) is 37.3 Å². The largest absolute Gasteiger partial charge is 0.496 e. The standard InChI is InChI=1S/C15H17N3O2/c1-9-7-10(4-6-13(9)19-2)14-17-15(20-18-14)11-3-5-12(16)8-11/h3-7,11-12H,8,16H2,1-2H3. The van der Waals surface area contributed by atoms with E-state index in [1.54, 1.807) is 7.11 Å². The number of hydrogen-bond acceptors (Lipinski definition) is 5. The van der Waals surface area contributed by atoms with Crippen LogP contribution < -0.4 is 10.5 Å². The summed E-state index contributed by atoms with van der Waals surface area (Å²) in [5.74, 6) is 2.20. The van der Waals surface area contributed by atoms with Crippen molar-refractivity contribution in [1.82, 2.24) is 10.1 Å². The number of nitrogens with two attached hydrogens (primary N) is 1. The Hall–Kier alpha value is -2.14. The van der Waals surface area contributed by atoms with Gasteiger partial charge in [0.15, 0.2) is 0 Å². The summed E-state index contributed by atoms with van der Waals surface area (Å²) in [6.45, 7) is 1.99. The Morgan fingerprint density at radius 3 is 2.85 bits per heavy atom. The molecule has 2 atom stereocenters. The summed E-state index contributed by atoms with van der Waals surface area (Å²) < 4.78 is 10.6. The molecule has 1 heterocycles. The van der Waals surface area contributed by atoms with E-state index in [9.17, 15) is 0 Å². The van der Waals surface area contributed by atoms with Gasteiger partial charge in [-0.2, -0.15) is 4.98 Å². The van der Waals surface area contributed by atoms with Crippen molar-refractivity contribution < 1.29 is 9.26 Å². The van der Waals surface area contributed by atoms with E-state index >= 15 is 0 Å². The lowest BCUT2D eigenvalue weighted by Gasteiger charge is -2.04. The van der Waals surface area contributed by atoms with Gasteiger partial charge in [0, 0.05) is 11.6 Å². The van der Waals surface area contributed by atoms with Gasteiger partial charge in [0.1, 0.15) is 5.75 Å².